The van der Waals surface area contributed by atoms with Crippen molar-refractivity contribution in [1.82, 2.24) is 0 Å². The monoisotopic (exact) mass is 214 g/mol. The van der Waals surface area contributed by atoms with Crippen LogP contribution < -0.4 is 0 Å². The molecule has 0 N–H and O–H groups in total. The van der Waals surface area contributed by atoms with E-state index in [9.17, 15) is 0 Å². The highest BCUT2D eigenvalue weighted by Crippen LogP contribution is 2.35. The lowest BCUT2D eigenvalue weighted by Crippen LogP contribution is -2.08. The Bertz CT molecular complexity index is 407. The zero-order chi connectivity index (χ0) is 12.3. The van der Waals surface area contributed by atoms with Gasteiger partial charge >= 0.3 is 0 Å². The molecule has 1 atom stereocenters. The highest BCUT2D eigenvalue weighted by atomic mass is 14.2. The van der Waals surface area contributed by atoms with Crippen LogP contribution in [0.5, 0.6) is 0 Å². The van der Waals surface area contributed by atoms with Crippen molar-refractivity contribution >= 4 is 0 Å². The minimum atomic E-state index is 0.533. The maximum absolute atomic E-state index is 3.72. The summed E-state index contributed by atoms with van der Waals surface area (Å²) in [7, 11) is 0. The molecule has 1 aliphatic rings. The summed E-state index contributed by atoms with van der Waals surface area (Å²) < 4.78 is 0. The molecule has 1 aliphatic carbocycles. The first-order valence-electron chi connectivity index (χ1n) is 5.85. The average molecular weight is 214 g/mol. The second-order valence-electron chi connectivity index (χ2n) is 4.69. The van der Waals surface area contributed by atoms with Crippen molar-refractivity contribution in [2.24, 2.45) is 5.92 Å². The molecular formula is C16H22. The van der Waals surface area contributed by atoms with Gasteiger partial charge < -0.3 is 0 Å². The lowest BCUT2D eigenvalue weighted by molar-refractivity contribution is 0.827. The van der Waals surface area contributed by atoms with Crippen molar-refractivity contribution in [3.8, 4) is 0 Å². The molecule has 0 aromatic heterocycles. The molecule has 0 bridgehead atoms. The van der Waals surface area contributed by atoms with Gasteiger partial charge in [0, 0.05) is 0 Å². The van der Waals surface area contributed by atoms with E-state index in [1.54, 1.807) is 0 Å². The van der Waals surface area contributed by atoms with E-state index in [2.05, 4.69) is 53.3 Å². The standard InChI is InChI=1S/C16H22/c1-7-8-9-15-12(4)10-13(5)16(11(2)3)14(15)6/h7-10,13H,1H2,2-6H3/b9-8-. The van der Waals surface area contributed by atoms with Crippen LogP contribution in [-0.2, 0) is 0 Å². The van der Waals surface area contributed by atoms with Gasteiger partial charge in [0.2, 0.25) is 0 Å². The largest absolute Gasteiger partial charge is 0.0991 e. The quantitative estimate of drug-likeness (QED) is 0.569. The highest BCUT2D eigenvalue weighted by molar-refractivity contribution is 5.55. The van der Waals surface area contributed by atoms with E-state index in [4.69, 9.17) is 0 Å². The first-order chi connectivity index (χ1) is 7.49. The molecule has 86 valence electrons. The van der Waals surface area contributed by atoms with Crippen molar-refractivity contribution in [3.63, 3.8) is 0 Å². The molecule has 1 rings (SSSR count). The fourth-order valence-corrected chi connectivity index (χ4v) is 2.58. The summed E-state index contributed by atoms with van der Waals surface area (Å²) in [6.07, 6.45) is 8.34. The third-order valence-electron chi connectivity index (χ3n) is 3.13. The summed E-state index contributed by atoms with van der Waals surface area (Å²) in [4.78, 5) is 0. The molecular weight excluding hydrogens is 192 g/mol. The third-order valence-corrected chi connectivity index (χ3v) is 3.13. The van der Waals surface area contributed by atoms with Crippen LogP contribution >= 0.6 is 0 Å². The Kier molecular flexibility index (Phi) is 4.12. The van der Waals surface area contributed by atoms with Crippen molar-refractivity contribution in [2.45, 2.75) is 34.6 Å². The Hall–Kier alpha value is -1.30. The zero-order valence-corrected chi connectivity index (χ0v) is 11.1. The van der Waals surface area contributed by atoms with Crippen molar-refractivity contribution in [1.29, 1.82) is 0 Å². The summed E-state index contributed by atoms with van der Waals surface area (Å²) in [6.45, 7) is 14.8. The van der Waals surface area contributed by atoms with Gasteiger partial charge in [-0.3, -0.25) is 0 Å². The Morgan fingerprint density at radius 2 is 1.94 bits per heavy atom. The van der Waals surface area contributed by atoms with Crippen LogP contribution in [0.25, 0.3) is 0 Å². The van der Waals surface area contributed by atoms with Gasteiger partial charge in [0.25, 0.3) is 0 Å². The molecule has 0 aliphatic heterocycles. The van der Waals surface area contributed by atoms with Gasteiger partial charge in [0.05, 0.1) is 0 Å². The molecule has 0 aromatic rings. The van der Waals surface area contributed by atoms with Crippen LogP contribution in [0.3, 0.4) is 0 Å². The minimum Gasteiger partial charge on any atom is -0.0991 e. The van der Waals surface area contributed by atoms with Crippen molar-refractivity contribution in [2.75, 3.05) is 0 Å². The maximum atomic E-state index is 3.72. The molecule has 1 unspecified atom stereocenters. The van der Waals surface area contributed by atoms with Crippen LogP contribution in [0.2, 0.25) is 0 Å². The molecule has 0 radical (unpaired) electrons. The third kappa shape index (κ3) is 2.44. The summed E-state index contributed by atoms with van der Waals surface area (Å²) in [6, 6.07) is 0. The molecule has 0 saturated heterocycles. The Labute approximate surface area is 99.8 Å². The normalized spacial score (nSPS) is 21.4. The predicted molar refractivity (Wildman–Crippen MR) is 73.3 cm³/mol. The second-order valence-corrected chi connectivity index (χ2v) is 4.69. The average Bonchev–Trinajstić information content (AvgIpc) is 2.16. The first-order valence-corrected chi connectivity index (χ1v) is 5.85. The lowest BCUT2D eigenvalue weighted by Gasteiger charge is -2.25. The van der Waals surface area contributed by atoms with Gasteiger partial charge in [-0.2, -0.15) is 0 Å². The number of hydrogen-bond acceptors (Lipinski definition) is 0. The summed E-state index contributed by atoms with van der Waals surface area (Å²) in [5, 5.41) is 0. The summed E-state index contributed by atoms with van der Waals surface area (Å²) in [5.74, 6) is 0.533. The van der Waals surface area contributed by atoms with E-state index in [0.717, 1.165) is 0 Å². The minimum absolute atomic E-state index is 0.533. The van der Waals surface area contributed by atoms with E-state index in [-0.39, 0.29) is 0 Å². The van der Waals surface area contributed by atoms with Gasteiger partial charge in [-0.05, 0) is 55.9 Å². The van der Waals surface area contributed by atoms with E-state index in [1.807, 2.05) is 12.2 Å². The highest BCUT2D eigenvalue weighted by Gasteiger charge is 2.18. The Morgan fingerprint density at radius 3 is 2.44 bits per heavy atom. The summed E-state index contributed by atoms with van der Waals surface area (Å²) >= 11 is 0. The van der Waals surface area contributed by atoms with Gasteiger partial charge in [-0.25, -0.2) is 0 Å². The van der Waals surface area contributed by atoms with Crippen LogP contribution in [0.1, 0.15) is 34.6 Å². The predicted octanol–water partition coefficient (Wildman–Crippen LogP) is 4.98. The number of hydrogen-bond donors (Lipinski definition) is 0. The van der Waals surface area contributed by atoms with Gasteiger partial charge in [-0.15, -0.1) is 0 Å². The molecule has 0 saturated carbocycles. The second kappa shape index (κ2) is 5.16. The molecule has 0 heterocycles. The van der Waals surface area contributed by atoms with Gasteiger partial charge in [-0.1, -0.05) is 43.4 Å². The molecule has 0 nitrogen and oxygen atoms in total. The van der Waals surface area contributed by atoms with Crippen LogP contribution in [-0.4, -0.2) is 0 Å². The van der Waals surface area contributed by atoms with E-state index >= 15 is 0 Å². The summed E-state index contributed by atoms with van der Waals surface area (Å²) in [5.41, 5.74) is 7.01. The molecule has 0 amide bonds. The molecule has 16 heavy (non-hydrogen) atoms. The molecule has 0 heteroatoms. The van der Waals surface area contributed by atoms with Crippen LogP contribution in [0.4, 0.5) is 0 Å². The van der Waals surface area contributed by atoms with E-state index in [1.165, 1.54) is 27.9 Å². The SMILES string of the molecule is C=C/C=C\C1=C(C)C(=C(C)C)C(C)C=C1C. The van der Waals surface area contributed by atoms with E-state index < -0.39 is 0 Å². The molecule has 0 fully saturated rings. The fourth-order valence-electron chi connectivity index (χ4n) is 2.58. The van der Waals surface area contributed by atoms with Crippen molar-refractivity contribution < 1.29 is 0 Å². The van der Waals surface area contributed by atoms with Crippen molar-refractivity contribution in [3.05, 3.63) is 58.7 Å². The Morgan fingerprint density at radius 1 is 1.31 bits per heavy atom. The molecule has 0 aromatic carbocycles. The van der Waals surface area contributed by atoms with Crippen LogP contribution in [0, 0.1) is 5.92 Å². The maximum Gasteiger partial charge on any atom is -0.000233 e. The number of rotatable bonds is 2. The lowest BCUT2D eigenvalue weighted by atomic mass is 9.80. The fraction of sp³-hybridized carbons (Fsp3) is 0.375. The smallest absolute Gasteiger partial charge is 0.000233 e. The Balaban J connectivity index is 3.32. The van der Waals surface area contributed by atoms with E-state index in [0.29, 0.717) is 5.92 Å². The van der Waals surface area contributed by atoms with Crippen LogP contribution in [0.15, 0.2) is 58.7 Å². The zero-order valence-electron chi connectivity index (χ0n) is 11.1. The first kappa shape index (κ1) is 12.8. The number of allylic oxidation sites excluding steroid dienone is 9. The molecule has 0 spiro atoms. The van der Waals surface area contributed by atoms with Gasteiger partial charge in [0.15, 0.2) is 0 Å². The topological polar surface area (TPSA) is 0 Å². The van der Waals surface area contributed by atoms with Gasteiger partial charge in [0.1, 0.15) is 0 Å².